The van der Waals surface area contributed by atoms with Gasteiger partial charge >= 0.3 is 6.18 Å². The van der Waals surface area contributed by atoms with Gasteiger partial charge in [0, 0.05) is 0 Å². The highest BCUT2D eigenvalue weighted by molar-refractivity contribution is 5.51. The number of hydrogen-bond acceptors (Lipinski definition) is 1. The third kappa shape index (κ3) is 4.18. The average molecular weight is 257 g/mol. The smallest absolute Gasteiger partial charge is 0.317 e. The molecular weight excluding hydrogens is 239 g/mol. The fourth-order valence-corrected chi connectivity index (χ4v) is 1.42. The lowest BCUT2D eigenvalue weighted by molar-refractivity contribution is -0.136. The van der Waals surface area contributed by atoms with Gasteiger partial charge in [0.1, 0.15) is 6.04 Å². The van der Waals surface area contributed by atoms with Crippen molar-refractivity contribution in [1.82, 2.24) is 0 Å². The van der Waals surface area contributed by atoms with Gasteiger partial charge < -0.3 is 5.73 Å². The molecule has 4 heteroatoms. The number of halogens is 3. The van der Waals surface area contributed by atoms with Crippen LogP contribution in [0.2, 0.25) is 0 Å². The summed E-state index contributed by atoms with van der Waals surface area (Å²) in [6.07, 6.45) is -2.03. The van der Waals surface area contributed by atoms with Crippen LogP contribution in [0.5, 0.6) is 0 Å². The summed E-state index contributed by atoms with van der Waals surface area (Å²) in [5.41, 5.74) is 6.87. The molecule has 0 aliphatic heterocycles. The van der Waals surface area contributed by atoms with Crippen molar-refractivity contribution < 1.29 is 13.2 Å². The van der Waals surface area contributed by atoms with E-state index in [1.165, 1.54) is 6.08 Å². The van der Waals surface area contributed by atoms with Gasteiger partial charge in [0.25, 0.3) is 0 Å². The lowest BCUT2D eigenvalue weighted by Gasteiger charge is -2.18. The third-order valence-electron chi connectivity index (χ3n) is 2.65. The molecule has 100 valence electrons. The topological polar surface area (TPSA) is 26.0 Å². The van der Waals surface area contributed by atoms with E-state index >= 15 is 0 Å². The summed E-state index contributed by atoms with van der Waals surface area (Å²) in [4.78, 5) is 0. The highest BCUT2D eigenvalue weighted by Crippen LogP contribution is 2.23. The lowest BCUT2D eigenvalue weighted by atomic mass is 9.87. The Kier molecular flexibility index (Phi) is 4.22. The highest BCUT2D eigenvalue weighted by atomic mass is 19.4. The molecule has 0 saturated heterocycles. The summed E-state index contributed by atoms with van der Waals surface area (Å²) < 4.78 is 36.6. The molecule has 1 nitrogen and oxygen atoms in total. The molecule has 0 aliphatic rings. The molecule has 0 fully saturated rings. The van der Waals surface area contributed by atoms with Crippen molar-refractivity contribution in [1.29, 1.82) is 0 Å². The Hall–Kier alpha value is -1.29. The lowest BCUT2D eigenvalue weighted by Crippen LogP contribution is -2.35. The summed E-state index contributed by atoms with van der Waals surface area (Å²) in [6.45, 7) is 6.24. The van der Waals surface area contributed by atoms with Crippen LogP contribution in [-0.2, 0) is 5.41 Å². The second-order valence-electron chi connectivity index (χ2n) is 5.30. The number of rotatable bonds is 2. The van der Waals surface area contributed by atoms with E-state index in [0.29, 0.717) is 5.56 Å². The molecule has 18 heavy (non-hydrogen) atoms. The van der Waals surface area contributed by atoms with E-state index in [1.54, 1.807) is 12.1 Å². The second-order valence-corrected chi connectivity index (χ2v) is 5.30. The van der Waals surface area contributed by atoms with Crippen molar-refractivity contribution in [2.75, 3.05) is 0 Å². The van der Waals surface area contributed by atoms with Crippen LogP contribution in [0.1, 0.15) is 31.9 Å². The van der Waals surface area contributed by atoms with Gasteiger partial charge in [0.2, 0.25) is 0 Å². The molecular formula is C14H18F3N. The average Bonchev–Trinajstić information content (AvgIpc) is 2.24. The first-order chi connectivity index (χ1) is 8.10. The minimum Gasteiger partial charge on any atom is -0.317 e. The maximum Gasteiger partial charge on any atom is 0.407 e. The quantitative estimate of drug-likeness (QED) is 0.854. The summed E-state index contributed by atoms with van der Waals surface area (Å²) in [5.74, 6) is 0. The number of hydrogen-bond donors (Lipinski definition) is 1. The van der Waals surface area contributed by atoms with Crippen molar-refractivity contribution in [3.63, 3.8) is 0 Å². The van der Waals surface area contributed by atoms with Crippen LogP contribution in [0, 0.1) is 0 Å². The Balaban J connectivity index is 2.79. The van der Waals surface area contributed by atoms with Crippen LogP contribution in [0.25, 0.3) is 6.08 Å². The summed E-state index contributed by atoms with van der Waals surface area (Å²) in [6, 6.07) is 5.50. The molecule has 0 bridgehead atoms. The van der Waals surface area contributed by atoms with Crippen molar-refractivity contribution in [3.05, 3.63) is 41.5 Å². The molecule has 0 unspecified atom stereocenters. The fourth-order valence-electron chi connectivity index (χ4n) is 1.42. The molecule has 0 aliphatic carbocycles. The van der Waals surface area contributed by atoms with E-state index in [9.17, 15) is 13.2 Å². The van der Waals surface area contributed by atoms with Crippen LogP contribution < -0.4 is 5.73 Å². The van der Waals surface area contributed by atoms with Gasteiger partial charge in [-0.2, -0.15) is 13.2 Å². The Morgan fingerprint density at radius 2 is 1.56 bits per heavy atom. The molecule has 1 atom stereocenters. The minimum absolute atomic E-state index is 0.0324. The van der Waals surface area contributed by atoms with E-state index in [2.05, 4.69) is 20.8 Å². The Morgan fingerprint density at radius 3 is 1.94 bits per heavy atom. The molecule has 0 saturated carbocycles. The number of alkyl halides is 3. The second kappa shape index (κ2) is 5.14. The molecule has 0 amide bonds. The molecule has 1 aromatic rings. The first-order valence-corrected chi connectivity index (χ1v) is 5.72. The fraction of sp³-hybridized carbons (Fsp3) is 0.429. The number of nitrogens with two attached hydrogens (primary N) is 1. The summed E-state index contributed by atoms with van der Waals surface area (Å²) in [5, 5.41) is 0. The maximum atomic E-state index is 12.2. The number of benzene rings is 1. The minimum atomic E-state index is -4.39. The molecule has 0 spiro atoms. The van der Waals surface area contributed by atoms with Gasteiger partial charge in [0.05, 0.1) is 0 Å². The van der Waals surface area contributed by atoms with E-state index in [-0.39, 0.29) is 5.41 Å². The van der Waals surface area contributed by atoms with E-state index in [4.69, 9.17) is 5.73 Å². The zero-order chi connectivity index (χ0) is 14.0. The van der Waals surface area contributed by atoms with Gasteiger partial charge in [0.15, 0.2) is 0 Å². The van der Waals surface area contributed by atoms with E-state index in [0.717, 1.165) is 11.6 Å². The van der Waals surface area contributed by atoms with E-state index < -0.39 is 12.2 Å². The normalized spacial score (nSPS) is 15.1. The van der Waals surface area contributed by atoms with Crippen LogP contribution in [0.3, 0.4) is 0 Å². The van der Waals surface area contributed by atoms with Crippen LogP contribution in [0.4, 0.5) is 13.2 Å². The predicted octanol–water partition coefficient (Wildman–Crippen LogP) is 3.89. The van der Waals surface area contributed by atoms with Crippen molar-refractivity contribution >= 4 is 6.08 Å². The first-order valence-electron chi connectivity index (χ1n) is 5.72. The van der Waals surface area contributed by atoms with Crippen LogP contribution in [0.15, 0.2) is 30.3 Å². The van der Waals surface area contributed by atoms with Gasteiger partial charge in [-0.05, 0) is 16.5 Å². The first kappa shape index (κ1) is 14.8. The monoisotopic (exact) mass is 257 g/mol. The van der Waals surface area contributed by atoms with E-state index in [1.807, 2.05) is 12.1 Å². The van der Waals surface area contributed by atoms with Gasteiger partial charge in [-0.25, -0.2) is 0 Å². The summed E-state index contributed by atoms with van der Waals surface area (Å²) in [7, 11) is 0. The Morgan fingerprint density at radius 1 is 1.06 bits per heavy atom. The molecule has 1 aromatic carbocycles. The van der Waals surface area contributed by atoms with Gasteiger partial charge in [-0.1, -0.05) is 57.2 Å². The molecule has 0 radical (unpaired) electrons. The van der Waals surface area contributed by atoms with Crippen molar-refractivity contribution in [2.45, 2.75) is 38.4 Å². The highest BCUT2D eigenvalue weighted by Gasteiger charge is 2.34. The van der Waals surface area contributed by atoms with Crippen molar-refractivity contribution in [2.24, 2.45) is 5.73 Å². The maximum absolute atomic E-state index is 12.2. The van der Waals surface area contributed by atoms with Crippen LogP contribution >= 0.6 is 0 Å². The SMILES string of the molecule is CC(C)(C)c1ccc(C=C[C@H](N)C(F)(F)F)cc1. The zero-order valence-corrected chi connectivity index (χ0v) is 10.8. The Labute approximate surface area is 105 Å². The van der Waals surface area contributed by atoms with Gasteiger partial charge in [-0.15, -0.1) is 0 Å². The molecule has 2 N–H and O–H groups in total. The molecule has 1 rings (SSSR count). The summed E-state index contributed by atoms with van der Waals surface area (Å²) >= 11 is 0. The Bertz CT molecular complexity index is 410. The molecule has 0 heterocycles. The third-order valence-corrected chi connectivity index (χ3v) is 2.65. The largest absolute Gasteiger partial charge is 0.407 e. The zero-order valence-electron chi connectivity index (χ0n) is 10.8. The van der Waals surface area contributed by atoms with Gasteiger partial charge in [-0.3, -0.25) is 0 Å². The molecule has 0 aromatic heterocycles. The van der Waals surface area contributed by atoms with Crippen molar-refractivity contribution in [3.8, 4) is 0 Å². The van der Waals surface area contributed by atoms with Crippen LogP contribution in [-0.4, -0.2) is 12.2 Å². The standard InChI is InChI=1S/C14H18F3N/c1-13(2,3)11-7-4-10(5-8-11)6-9-12(18)14(15,16)17/h4-9,12H,18H2,1-3H3/t12-/m0/s1. The predicted molar refractivity (Wildman–Crippen MR) is 68.2 cm³/mol.